The maximum atomic E-state index is 10.0. The molecule has 0 aromatic carbocycles. The van der Waals surface area contributed by atoms with Gasteiger partial charge < -0.3 is 20.2 Å². The molecule has 19 heavy (non-hydrogen) atoms. The van der Waals surface area contributed by atoms with Crippen LogP contribution in [0, 0.1) is 0 Å². The van der Waals surface area contributed by atoms with Gasteiger partial charge in [-0.15, -0.1) is 0 Å². The van der Waals surface area contributed by atoms with E-state index in [0.717, 1.165) is 26.2 Å². The van der Waals surface area contributed by atoms with Crippen LogP contribution in [0.5, 0.6) is 0 Å². The van der Waals surface area contributed by atoms with Gasteiger partial charge in [0.15, 0.2) is 0 Å². The number of nitrogens with zero attached hydrogens (tertiary/aromatic N) is 2. The lowest BCUT2D eigenvalue weighted by molar-refractivity contribution is 0.108. The number of aliphatic hydroxyl groups is 1. The minimum atomic E-state index is -0.242. The van der Waals surface area contributed by atoms with Crippen LogP contribution in [0.25, 0.3) is 0 Å². The van der Waals surface area contributed by atoms with E-state index in [0.29, 0.717) is 6.04 Å². The quantitative estimate of drug-likeness (QED) is 0.660. The number of hydrogen-bond donors (Lipinski definition) is 2. The lowest BCUT2D eigenvalue weighted by Gasteiger charge is -2.33. The molecule has 1 atom stereocenters. The second kappa shape index (κ2) is 9.70. The first-order chi connectivity index (χ1) is 9.19. The molecule has 1 unspecified atom stereocenters. The van der Waals surface area contributed by atoms with Gasteiger partial charge >= 0.3 is 0 Å². The normalized spacial score (nSPS) is 20.1. The fourth-order valence-corrected chi connectivity index (χ4v) is 2.82. The molecule has 0 spiro atoms. The molecule has 1 aliphatic heterocycles. The first-order valence-corrected chi connectivity index (χ1v) is 8.05. The zero-order valence-corrected chi connectivity index (χ0v) is 13.1. The van der Waals surface area contributed by atoms with Gasteiger partial charge in [0, 0.05) is 19.1 Å². The number of hydrogen-bond acceptors (Lipinski definition) is 4. The van der Waals surface area contributed by atoms with Crippen LogP contribution in [0.2, 0.25) is 0 Å². The Hall–Kier alpha value is -0.160. The third-order valence-corrected chi connectivity index (χ3v) is 4.13. The molecule has 0 bridgehead atoms. The Kier molecular flexibility index (Phi) is 8.62. The van der Waals surface area contributed by atoms with Crippen LogP contribution in [-0.2, 0) is 0 Å². The summed E-state index contributed by atoms with van der Waals surface area (Å²) < 4.78 is 0. The molecule has 4 heteroatoms. The molecule has 114 valence electrons. The van der Waals surface area contributed by atoms with Crippen molar-refractivity contribution in [1.29, 1.82) is 0 Å². The minimum Gasteiger partial charge on any atom is -0.390 e. The fraction of sp³-hybridized carbons (Fsp3) is 1.00. The number of rotatable bonds is 9. The van der Waals surface area contributed by atoms with E-state index in [2.05, 4.69) is 35.9 Å². The zero-order chi connectivity index (χ0) is 14.1. The van der Waals surface area contributed by atoms with Gasteiger partial charge in [-0.2, -0.15) is 0 Å². The lowest BCUT2D eigenvalue weighted by Crippen LogP contribution is -2.46. The molecule has 4 nitrogen and oxygen atoms in total. The smallest absolute Gasteiger partial charge is 0.0791 e. The second-order valence-corrected chi connectivity index (χ2v) is 5.66. The molecule has 2 N–H and O–H groups in total. The van der Waals surface area contributed by atoms with Gasteiger partial charge in [-0.25, -0.2) is 0 Å². The summed E-state index contributed by atoms with van der Waals surface area (Å²) in [6.45, 7) is 13.7. The average Bonchev–Trinajstić information content (AvgIpc) is 2.44. The Morgan fingerprint density at radius 3 is 2.37 bits per heavy atom. The Morgan fingerprint density at radius 2 is 1.84 bits per heavy atom. The van der Waals surface area contributed by atoms with Crippen LogP contribution >= 0.6 is 0 Å². The van der Waals surface area contributed by atoms with Crippen molar-refractivity contribution in [3.8, 4) is 0 Å². The van der Waals surface area contributed by atoms with Gasteiger partial charge in [-0.05, 0) is 52.0 Å². The van der Waals surface area contributed by atoms with Crippen LogP contribution in [0.15, 0.2) is 0 Å². The van der Waals surface area contributed by atoms with Crippen molar-refractivity contribution >= 4 is 0 Å². The maximum Gasteiger partial charge on any atom is 0.0791 e. The van der Waals surface area contributed by atoms with Crippen LogP contribution in [-0.4, -0.2) is 72.9 Å². The highest BCUT2D eigenvalue weighted by atomic mass is 16.3. The number of nitrogens with one attached hydrogen (secondary N) is 1. The van der Waals surface area contributed by atoms with E-state index in [1.807, 2.05) is 0 Å². The molecular formula is C15H33N3O. The first kappa shape index (κ1) is 16.9. The molecule has 1 saturated heterocycles. The zero-order valence-electron chi connectivity index (χ0n) is 13.1. The van der Waals surface area contributed by atoms with E-state index in [9.17, 15) is 5.11 Å². The summed E-state index contributed by atoms with van der Waals surface area (Å²) in [5, 5.41) is 13.6. The van der Waals surface area contributed by atoms with Crippen LogP contribution in [0.3, 0.4) is 0 Å². The molecule has 0 radical (unpaired) electrons. The number of aliphatic hydroxyl groups excluding tert-OH is 1. The average molecular weight is 271 g/mol. The van der Waals surface area contributed by atoms with Gasteiger partial charge in [0.05, 0.1) is 6.10 Å². The number of piperidine rings is 1. The lowest BCUT2D eigenvalue weighted by atomic mass is 10.0. The maximum absolute atomic E-state index is 10.0. The van der Waals surface area contributed by atoms with E-state index < -0.39 is 0 Å². The number of likely N-dealkylation sites (tertiary alicyclic amines) is 1. The van der Waals surface area contributed by atoms with E-state index in [-0.39, 0.29) is 6.10 Å². The largest absolute Gasteiger partial charge is 0.390 e. The highest BCUT2D eigenvalue weighted by molar-refractivity contribution is 4.78. The third kappa shape index (κ3) is 6.70. The van der Waals surface area contributed by atoms with Gasteiger partial charge in [-0.1, -0.05) is 20.8 Å². The summed E-state index contributed by atoms with van der Waals surface area (Å²) >= 11 is 0. The topological polar surface area (TPSA) is 38.7 Å². The molecule has 0 saturated carbocycles. The van der Waals surface area contributed by atoms with Gasteiger partial charge in [0.25, 0.3) is 0 Å². The molecule has 1 aliphatic rings. The second-order valence-electron chi connectivity index (χ2n) is 5.66. The monoisotopic (exact) mass is 271 g/mol. The molecule has 1 fully saturated rings. The Balaban J connectivity index is 2.12. The van der Waals surface area contributed by atoms with Crippen molar-refractivity contribution in [1.82, 2.24) is 15.1 Å². The molecule has 0 amide bonds. The van der Waals surface area contributed by atoms with Gasteiger partial charge in [-0.3, -0.25) is 0 Å². The van der Waals surface area contributed by atoms with Crippen molar-refractivity contribution in [2.45, 2.75) is 52.2 Å². The molecule has 0 aromatic rings. The van der Waals surface area contributed by atoms with Crippen molar-refractivity contribution in [3.63, 3.8) is 0 Å². The SMILES string of the molecule is CCCN1CCC(NCC(O)CN(CC)CC)CC1. The van der Waals surface area contributed by atoms with Gasteiger partial charge in [0.2, 0.25) is 0 Å². The summed E-state index contributed by atoms with van der Waals surface area (Å²) in [6, 6.07) is 0.597. The fourth-order valence-electron chi connectivity index (χ4n) is 2.82. The van der Waals surface area contributed by atoms with Crippen molar-refractivity contribution < 1.29 is 5.11 Å². The molecular weight excluding hydrogens is 238 g/mol. The molecule has 1 heterocycles. The molecule has 0 aromatic heterocycles. The summed E-state index contributed by atoms with van der Waals surface area (Å²) in [4.78, 5) is 4.82. The Bertz CT molecular complexity index is 213. The van der Waals surface area contributed by atoms with E-state index in [4.69, 9.17) is 0 Å². The summed E-state index contributed by atoms with van der Waals surface area (Å²) in [5.74, 6) is 0. The predicted molar refractivity (Wildman–Crippen MR) is 81.6 cm³/mol. The Morgan fingerprint density at radius 1 is 1.21 bits per heavy atom. The van der Waals surface area contributed by atoms with Crippen LogP contribution < -0.4 is 5.32 Å². The molecule has 0 aliphatic carbocycles. The Labute approximate surface area is 119 Å². The van der Waals surface area contributed by atoms with Gasteiger partial charge in [0.1, 0.15) is 0 Å². The minimum absolute atomic E-state index is 0.242. The van der Waals surface area contributed by atoms with Crippen molar-refractivity contribution in [3.05, 3.63) is 0 Å². The number of likely N-dealkylation sites (N-methyl/N-ethyl adjacent to an activating group) is 1. The van der Waals surface area contributed by atoms with Crippen molar-refractivity contribution in [2.24, 2.45) is 0 Å². The predicted octanol–water partition coefficient (Wildman–Crippen LogP) is 1.15. The highest BCUT2D eigenvalue weighted by Crippen LogP contribution is 2.10. The summed E-state index contributed by atoms with van der Waals surface area (Å²) in [6.07, 6.45) is 3.45. The van der Waals surface area contributed by atoms with Crippen molar-refractivity contribution in [2.75, 3.05) is 45.8 Å². The molecule has 1 rings (SSSR count). The summed E-state index contributed by atoms with van der Waals surface area (Å²) in [7, 11) is 0. The van der Waals surface area contributed by atoms with E-state index in [1.165, 1.54) is 38.9 Å². The van der Waals surface area contributed by atoms with Crippen LogP contribution in [0.4, 0.5) is 0 Å². The highest BCUT2D eigenvalue weighted by Gasteiger charge is 2.19. The van der Waals surface area contributed by atoms with E-state index in [1.54, 1.807) is 0 Å². The van der Waals surface area contributed by atoms with Crippen LogP contribution in [0.1, 0.15) is 40.0 Å². The summed E-state index contributed by atoms with van der Waals surface area (Å²) in [5.41, 5.74) is 0. The van der Waals surface area contributed by atoms with E-state index >= 15 is 0 Å². The third-order valence-electron chi connectivity index (χ3n) is 4.13. The standard InChI is InChI=1S/C15H33N3O/c1-4-9-18-10-7-14(8-11-18)16-12-15(19)13-17(5-2)6-3/h14-16,19H,4-13H2,1-3H3. The first-order valence-electron chi connectivity index (χ1n) is 8.05.